The number of carbonyl (C=O) groups excluding carboxylic acids is 1. The maximum absolute atomic E-state index is 13.6. The van der Waals surface area contributed by atoms with E-state index in [-0.39, 0.29) is 36.5 Å². The van der Waals surface area contributed by atoms with Crippen molar-refractivity contribution < 1.29 is 26.4 Å². The van der Waals surface area contributed by atoms with Gasteiger partial charge < -0.3 is 10.2 Å². The van der Waals surface area contributed by atoms with Gasteiger partial charge in [-0.25, -0.2) is 8.42 Å². The molecule has 3 rings (SSSR count). The number of hydrogen-bond acceptors (Lipinski definition) is 4. The third-order valence-corrected chi connectivity index (χ3v) is 8.31. The van der Waals surface area contributed by atoms with Crippen molar-refractivity contribution in [1.82, 2.24) is 4.31 Å². The summed E-state index contributed by atoms with van der Waals surface area (Å²) in [7, 11) is -0.471. The summed E-state index contributed by atoms with van der Waals surface area (Å²) in [6.45, 7) is 5.66. The number of carbonyl (C=O) groups is 1. The third kappa shape index (κ3) is 5.38. The molecule has 186 valence electrons. The lowest BCUT2D eigenvalue weighted by Crippen LogP contribution is -2.41. The Kier molecular flexibility index (Phi) is 7.33. The lowest BCUT2D eigenvalue weighted by molar-refractivity contribution is -0.137. The summed E-state index contributed by atoms with van der Waals surface area (Å²) in [5.74, 6) is -1.12. The Labute approximate surface area is 198 Å². The number of anilines is 2. The van der Waals surface area contributed by atoms with Crippen LogP contribution in [0.25, 0.3) is 0 Å². The van der Waals surface area contributed by atoms with Gasteiger partial charge in [-0.05, 0) is 62.9 Å². The van der Waals surface area contributed by atoms with Gasteiger partial charge in [-0.3, -0.25) is 4.79 Å². The molecule has 1 saturated heterocycles. The van der Waals surface area contributed by atoms with Crippen molar-refractivity contribution in [1.29, 1.82) is 0 Å². The molecule has 1 N–H and O–H groups in total. The molecule has 2 aromatic rings. The van der Waals surface area contributed by atoms with Crippen LogP contribution in [0.1, 0.15) is 35.1 Å². The lowest BCUT2D eigenvalue weighted by atomic mass is 9.97. The smallest absolute Gasteiger partial charge is 0.378 e. The van der Waals surface area contributed by atoms with E-state index in [1.54, 1.807) is 32.8 Å². The number of nitrogens with zero attached hydrogens (tertiary/aromatic N) is 2. The first kappa shape index (κ1) is 26.0. The summed E-state index contributed by atoms with van der Waals surface area (Å²) in [6.07, 6.45) is -4.17. The minimum Gasteiger partial charge on any atom is -0.378 e. The summed E-state index contributed by atoms with van der Waals surface area (Å²) in [5.41, 5.74) is 1.45. The van der Waals surface area contributed by atoms with E-state index in [1.165, 1.54) is 16.4 Å². The van der Waals surface area contributed by atoms with Crippen LogP contribution in [0.3, 0.4) is 0 Å². The number of benzene rings is 2. The second-order valence-electron chi connectivity index (χ2n) is 9.02. The largest absolute Gasteiger partial charge is 0.418 e. The summed E-state index contributed by atoms with van der Waals surface area (Å²) in [6, 6.07) is 7.39. The van der Waals surface area contributed by atoms with E-state index in [2.05, 4.69) is 5.32 Å². The highest BCUT2D eigenvalue weighted by molar-refractivity contribution is 7.89. The maximum atomic E-state index is 13.6. The fourth-order valence-electron chi connectivity index (χ4n) is 4.45. The zero-order valence-corrected chi connectivity index (χ0v) is 20.8. The molecule has 0 unspecified atom stereocenters. The van der Waals surface area contributed by atoms with Crippen LogP contribution in [0, 0.1) is 26.7 Å². The summed E-state index contributed by atoms with van der Waals surface area (Å²) in [4.78, 5) is 14.6. The zero-order chi connectivity index (χ0) is 25.4. The Morgan fingerprint density at radius 1 is 1.03 bits per heavy atom. The number of sulfonamides is 1. The maximum Gasteiger partial charge on any atom is 0.418 e. The topological polar surface area (TPSA) is 69.7 Å². The predicted molar refractivity (Wildman–Crippen MR) is 127 cm³/mol. The van der Waals surface area contributed by atoms with Gasteiger partial charge in [0.25, 0.3) is 0 Å². The van der Waals surface area contributed by atoms with Gasteiger partial charge in [0.15, 0.2) is 0 Å². The number of alkyl halides is 3. The van der Waals surface area contributed by atoms with E-state index in [4.69, 9.17) is 0 Å². The molecular weight excluding hydrogens is 467 g/mol. The van der Waals surface area contributed by atoms with Gasteiger partial charge in [-0.1, -0.05) is 17.7 Å². The van der Waals surface area contributed by atoms with Gasteiger partial charge in [-0.15, -0.1) is 0 Å². The van der Waals surface area contributed by atoms with Crippen molar-refractivity contribution in [3.63, 3.8) is 0 Å². The van der Waals surface area contributed by atoms with Gasteiger partial charge in [0.1, 0.15) is 0 Å². The van der Waals surface area contributed by atoms with Crippen LogP contribution in [-0.2, 0) is 21.0 Å². The monoisotopic (exact) mass is 497 g/mol. The molecule has 0 atom stereocenters. The molecule has 0 radical (unpaired) electrons. The first-order chi connectivity index (χ1) is 15.7. The number of hydrogen-bond donors (Lipinski definition) is 1. The van der Waals surface area contributed by atoms with Gasteiger partial charge in [-0.2, -0.15) is 17.5 Å². The minimum absolute atomic E-state index is 0.124. The molecule has 1 heterocycles. The Morgan fingerprint density at radius 3 is 2.09 bits per heavy atom. The number of halogens is 3. The van der Waals surface area contributed by atoms with Crippen molar-refractivity contribution in [3.8, 4) is 0 Å². The molecule has 0 aliphatic carbocycles. The first-order valence-corrected chi connectivity index (χ1v) is 12.4. The molecule has 1 amide bonds. The molecular formula is C24H30F3N3O3S. The van der Waals surface area contributed by atoms with Crippen molar-refractivity contribution >= 4 is 27.3 Å². The van der Waals surface area contributed by atoms with Gasteiger partial charge in [0, 0.05) is 38.8 Å². The van der Waals surface area contributed by atoms with E-state index in [0.29, 0.717) is 16.8 Å². The van der Waals surface area contributed by atoms with E-state index in [0.717, 1.165) is 11.6 Å². The van der Waals surface area contributed by atoms with Gasteiger partial charge in [0.2, 0.25) is 15.9 Å². The van der Waals surface area contributed by atoms with E-state index < -0.39 is 33.6 Å². The van der Waals surface area contributed by atoms with Crippen LogP contribution in [-0.4, -0.2) is 45.8 Å². The van der Waals surface area contributed by atoms with E-state index >= 15 is 0 Å². The van der Waals surface area contributed by atoms with Gasteiger partial charge in [0.05, 0.1) is 16.1 Å². The minimum atomic E-state index is -4.63. The fraction of sp³-hybridized carbons (Fsp3) is 0.458. The van der Waals surface area contributed by atoms with E-state index in [1.807, 2.05) is 19.1 Å². The third-order valence-electron chi connectivity index (χ3n) is 6.11. The molecule has 6 nitrogen and oxygen atoms in total. The van der Waals surface area contributed by atoms with Gasteiger partial charge >= 0.3 is 6.18 Å². The van der Waals surface area contributed by atoms with Crippen molar-refractivity contribution in [3.05, 3.63) is 52.6 Å². The average molecular weight is 498 g/mol. The highest BCUT2D eigenvalue weighted by atomic mass is 32.2. The molecule has 1 fully saturated rings. The number of amides is 1. The van der Waals surface area contributed by atoms with Crippen LogP contribution >= 0.6 is 0 Å². The molecule has 34 heavy (non-hydrogen) atoms. The van der Waals surface area contributed by atoms with Crippen LogP contribution < -0.4 is 10.2 Å². The van der Waals surface area contributed by atoms with Crippen LogP contribution in [0.2, 0.25) is 0 Å². The molecule has 0 bridgehead atoms. The average Bonchev–Trinajstić information content (AvgIpc) is 2.72. The van der Waals surface area contributed by atoms with E-state index in [9.17, 15) is 26.4 Å². The van der Waals surface area contributed by atoms with Crippen LogP contribution in [0.5, 0.6) is 0 Å². The Balaban J connectivity index is 1.74. The normalized spacial score (nSPS) is 15.9. The number of piperidine rings is 1. The molecule has 0 aromatic heterocycles. The Hall–Kier alpha value is -2.59. The standard InChI is InChI=1S/C24H30F3N3O3S/c1-15-12-16(2)22(17(3)13-15)34(32,33)30-10-8-18(9-11-30)23(31)28-21-7-6-19(29(4)5)14-20(21)24(25,26)27/h6-7,12-14,18H,8-11H2,1-5H3,(H,28,31). The fourth-order valence-corrected chi connectivity index (χ4v) is 6.33. The highest BCUT2D eigenvalue weighted by Gasteiger charge is 2.37. The number of aryl methyl sites for hydroxylation is 3. The van der Waals surface area contributed by atoms with Crippen molar-refractivity contribution in [2.24, 2.45) is 5.92 Å². The molecule has 1 aliphatic heterocycles. The number of nitrogens with one attached hydrogen (secondary N) is 1. The summed E-state index contributed by atoms with van der Waals surface area (Å²) >= 11 is 0. The Bertz CT molecular complexity index is 1160. The lowest BCUT2D eigenvalue weighted by Gasteiger charge is -2.31. The molecule has 1 aliphatic rings. The summed E-state index contributed by atoms with van der Waals surface area (Å²) in [5, 5.41) is 2.42. The van der Waals surface area contributed by atoms with Crippen molar-refractivity contribution in [2.45, 2.75) is 44.7 Å². The zero-order valence-electron chi connectivity index (χ0n) is 20.0. The second-order valence-corrected chi connectivity index (χ2v) is 10.9. The molecule has 10 heteroatoms. The van der Waals surface area contributed by atoms with Crippen LogP contribution in [0.4, 0.5) is 24.5 Å². The molecule has 0 saturated carbocycles. The predicted octanol–water partition coefficient (Wildman–Crippen LogP) is 4.74. The molecule has 0 spiro atoms. The first-order valence-electron chi connectivity index (χ1n) is 11.0. The number of rotatable bonds is 5. The summed E-state index contributed by atoms with van der Waals surface area (Å²) < 4.78 is 68.6. The van der Waals surface area contributed by atoms with Crippen LogP contribution in [0.15, 0.2) is 35.2 Å². The van der Waals surface area contributed by atoms with Crippen molar-refractivity contribution in [2.75, 3.05) is 37.4 Å². The molecule has 2 aromatic carbocycles. The highest BCUT2D eigenvalue weighted by Crippen LogP contribution is 2.38. The Morgan fingerprint density at radius 2 is 1.59 bits per heavy atom. The second kappa shape index (κ2) is 9.58. The SMILES string of the molecule is Cc1cc(C)c(S(=O)(=O)N2CCC(C(=O)Nc3ccc(N(C)C)cc3C(F)(F)F)CC2)c(C)c1. The quantitative estimate of drug-likeness (QED) is 0.648.